The van der Waals surface area contributed by atoms with Crippen molar-refractivity contribution in [3.05, 3.63) is 102 Å². The number of hydrazine groups is 1. The van der Waals surface area contributed by atoms with Crippen LogP contribution >= 0.6 is 0 Å². The number of carbonyl (C=O) groups is 3. The van der Waals surface area contributed by atoms with Gasteiger partial charge in [0.2, 0.25) is 17.8 Å². The number of nitrogens with two attached hydrogens (primary N) is 2. The number of hydrazone groups is 1. The molecule has 0 fully saturated rings. The highest BCUT2D eigenvalue weighted by atomic mass is 16.5. The van der Waals surface area contributed by atoms with Crippen molar-refractivity contribution in [2.45, 2.75) is 77.7 Å². The van der Waals surface area contributed by atoms with Gasteiger partial charge >= 0.3 is 0 Å². The van der Waals surface area contributed by atoms with Crippen molar-refractivity contribution in [1.82, 2.24) is 31.5 Å². The predicted octanol–water partition coefficient (Wildman–Crippen LogP) is 4.72. The quantitative estimate of drug-likeness (QED) is 0.0294. The number of ether oxygens (including phenoxy) is 1. The lowest BCUT2D eigenvalue weighted by Crippen LogP contribution is -2.51. The van der Waals surface area contributed by atoms with Crippen LogP contribution in [0.4, 0.5) is 0 Å². The number of unbranched alkanes of at least 4 members (excludes halogenated alkanes) is 4. The molecular formula is C40H51N9O4. The summed E-state index contributed by atoms with van der Waals surface area (Å²) in [4.78, 5) is 48.1. The largest absolute Gasteiger partial charge is 0.494 e. The standard InChI is InChI=1S/C40H51N9O4/c1-5-6-7-8-9-22-53-33-20-16-28(17-21-33)31-24-43-36(44-25-31)29-12-10-27(11-13-29)23-34(38(52)45-26-35(50)47-39(41)48-49-42)46-37(51)30-14-18-32(19-15-30)40(2,3)4/h10-21,24-25,34,49H,5-9,22-23,26,42H2,1-4H3,(H,45,52)(H,46,51)(H3,41,47,48,50). The van der Waals surface area contributed by atoms with Crippen LogP contribution in [-0.2, 0) is 21.4 Å². The SMILES string of the molecule is CCCCCCCOc1ccc(-c2cnc(-c3ccc(CC(NC(=O)c4ccc(C(C)(C)C)cc4)C(=O)NCC(=O)N/C(N)=N/NN)cc3)nc2)cc1. The highest BCUT2D eigenvalue weighted by Crippen LogP contribution is 2.24. The predicted molar refractivity (Wildman–Crippen MR) is 207 cm³/mol. The minimum Gasteiger partial charge on any atom is -0.494 e. The van der Waals surface area contributed by atoms with Gasteiger partial charge in [-0.3, -0.25) is 19.7 Å². The Morgan fingerprint density at radius 2 is 1.47 bits per heavy atom. The number of benzene rings is 3. The Kier molecular flexibility index (Phi) is 14.8. The molecule has 0 saturated heterocycles. The van der Waals surface area contributed by atoms with Gasteiger partial charge in [0, 0.05) is 35.5 Å². The number of nitrogens with one attached hydrogen (secondary N) is 4. The highest BCUT2D eigenvalue weighted by Gasteiger charge is 2.23. The van der Waals surface area contributed by atoms with Gasteiger partial charge in [-0.2, -0.15) is 0 Å². The molecular weight excluding hydrogens is 670 g/mol. The molecule has 3 amide bonds. The minimum absolute atomic E-state index is 0.0831. The van der Waals surface area contributed by atoms with E-state index in [9.17, 15) is 14.4 Å². The third kappa shape index (κ3) is 12.7. The van der Waals surface area contributed by atoms with Crippen molar-refractivity contribution in [3.63, 3.8) is 0 Å². The van der Waals surface area contributed by atoms with Gasteiger partial charge in [0.15, 0.2) is 5.82 Å². The molecule has 0 aliphatic rings. The number of nitrogens with zero attached hydrogens (tertiary/aromatic N) is 3. The van der Waals surface area contributed by atoms with Crippen LogP contribution in [0.1, 0.15) is 81.3 Å². The zero-order valence-electron chi connectivity index (χ0n) is 30.9. The molecule has 1 aromatic heterocycles. The van der Waals surface area contributed by atoms with Gasteiger partial charge < -0.3 is 21.1 Å². The Morgan fingerprint density at radius 3 is 2.09 bits per heavy atom. The van der Waals surface area contributed by atoms with E-state index >= 15 is 0 Å². The van der Waals surface area contributed by atoms with E-state index in [4.69, 9.17) is 16.3 Å². The maximum atomic E-state index is 13.3. The first-order chi connectivity index (χ1) is 25.5. The zero-order valence-corrected chi connectivity index (χ0v) is 30.9. The lowest BCUT2D eigenvalue weighted by molar-refractivity contribution is -0.126. The maximum absolute atomic E-state index is 13.3. The summed E-state index contributed by atoms with van der Waals surface area (Å²) < 4.78 is 5.89. The van der Waals surface area contributed by atoms with Crippen molar-refractivity contribution in [3.8, 4) is 28.3 Å². The van der Waals surface area contributed by atoms with Gasteiger partial charge in [0.25, 0.3) is 5.91 Å². The Bertz CT molecular complexity index is 1800. The molecule has 1 heterocycles. The molecule has 0 bridgehead atoms. The summed E-state index contributed by atoms with van der Waals surface area (Å²) in [6, 6.07) is 21.6. The van der Waals surface area contributed by atoms with Crippen molar-refractivity contribution in [1.29, 1.82) is 0 Å². The number of guanidine groups is 1. The van der Waals surface area contributed by atoms with Crippen LogP contribution < -0.4 is 37.8 Å². The molecule has 8 N–H and O–H groups in total. The number of hydrogen-bond acceptors (Lipinski definition) is 9. The molecule has 0 aliphatic heterocycles. The maximum Gasteiger partial charge on any atom is 0.251 e. The first kappa shape index (κ1) is 40.0. The summed E-state index contributed by atoms with van der Waals surface area (Å²) in [6.07, 6.45) is 9.70. The summed E-state index contributed by atoms with van der Waals surface area (Å²) in [6.45, 7) is 8.78. The van der Waals surface area contributed by atoms with E-state index in [0.717, 1.165) is 40.0 Å². The third-order valence-electron chi connectivity index (χ3n) is 8.52. The summed E-state index contributed by atoms with van der Waals surface area (Å²) in [7, 11) is 0. The lowest BCUT2D eigenvalue weighted by Gasteiger charge is -2.20. The average Bonchev–Trinajstić information content (AvgIpc) is 3.15. The van der Waals surface area contributed by atoms with Gasteiger partial charge in [0.05, 0.1) is 13.2 Å². The fourth-order valence-electron chi connectivity index (χ4n) is 5.44. The van der Waals surface area contributed by atoms with Crippen LogP contribution in [0.25, 0.3) is 22.5 Å². The summed E-state index contributed by atoms with van der Waals surface area (Å²) in [5.41, 5.74) is 12.3. The van der Waals surface area contributed by atoms with Crippen molar-refractivity contribution < 1.29 is 19.1 Å². The van der Waals surface area contributed by atoms with Crippen LogP contribution in [0, 0.1) is 0 Å². The minimum atomic E-state index is -1.00. The molecule has 4 rings (SSSR count). The molecule has 1 atom stereocenters. The van der Waals surface area contributed by atoms with E-state index in [1.807, 2.05) is 66.2 Å². The Morgan fingerprint density at radius 1 is 0.830 bits per heavy atom. The van der Waals surface area contributed by atoms with E-state index in [1.54, 1.807) is 24.5 Å². The molecule has 0 aliphatic carbocycles. The average molecular weight is 722 g/mol. The second-order valence-corrected chi connectivity index (χ2v) is 13.7. The smallest absolute Gasteiger partial charge is 0.251 e. The van der Waals surface area contributed by atoms with Gasteiger partial charge in [-0.1, -0.05) is 102 Å². The molecule has 1 unspecified atom stereocenters. The van der Waals surface area contributed by atoms with Crippen molar-refractivity contribution in [2.75, 3.05) is 13.2 Å². The Labute approximate surface area is 311 Å². The van der Waals surface area contributed by atoms with Gasteiger partial charge in [0.1, 0.15) is 11.8 Å². The monoisotopic (exact) mass is 721 g/mol. The van der Waals surface area contributed by atoms with Crippen LogP contribution in [-0.4, -0.2) is 52.8 Å². The molecule has 13 heteroatoms. The molecule has 3 aromatic carbocycles. The molecule has 0 radical (unpaired) electrons. The Hall–Kier alpha value is -5.82. The fraction of sp³-hybridized carbons (Fsp3) is 0.350. The summed E-state index contributed by atoms with van der Waals surface area (Å²) >= 11 is 0. The lowest BCUT2D eigenvalue weighted by atomic mass is 9.86. The van der Waals surface area contributed by atoms with Crippen LogP contribution in [0.15, 0.2) is 90.3 Å². The van der Waals surface area contributed by atoms with Crippen molar-refractivity contribution in [2.24, 2.45) is 16.7 Å². The number of rotatable bonds is 17. The summed E-state index contributed by atoms with van der Waals surface area (Å²) in [5, 5.41) is 11.1. The normalized spacial score (nSPS) is 12.1. The van der Waals surface area contributed by atoms with E-state index < -0.39 is 30.3 Å². The zero-order chi connectivity index (χ0) is 38.2. The van der Waals surface area contributed by atoms with Crippen LogP contribution in [0.2, 0.25) is 0 Å². The Balaban J connectivity index is 1.41. The summed E-state index contributed by atoms with van der Waals surface area (Å²) in [5.74, 6) is 4.59. The molecule has 53 heavy (non-hydrogen) atoms. The van der Waals surface area contributed by atoms with E-state index in [-0.39, 0.29) is 17.8 Å². The first-order valence-corrected chi connectivity index (χ1v) is 17.9. The van der Waals surface area contributed by atoms with E-state index in [0.29, 0.717) is 18.0 Å². The molecule has 4 aromatic rings. The van der Waals surface area contributed by atoms with E-state index in [1.165, 1.54) is 25.7 Å². The molecule has 280 valence electrons. The second kappa shape index (κ2) is 19.7. The number of amides is 3. The van der Waals surface area contributed by atoms with Crippen LogP contribution in [0.3, 0.4) is 0 Å². The van der Waals surface area contributed by atoms with Crippen molar-refractivity contribution >= 4 is 23.7 Å². The second-order valence-electron chi connectivity index (χ2n) is 13.7. The highest BCUT2D eigenvalue weighted by molar-refractivity contribution is 6.00. The fourth-order valence-corrected chi connectivity index (χ4v) is 5.44. The van der Waals surface area contributed by atoms with Gasteiger partial charge in [-0.05, 0) is 52.8 Å². The molecule has 13 nitrogen and oxygen atoms in total. The van der Waals surface area contributed by atoms with E-state index in [2.05, 4.69) is 58.7 Å². The third-order valence-corrected chi connectivity index (χ3v) is 8.52. The number of carbonyl (C=O) groups excluding carboxylic acids is 3. The number of aromatic nitrogens is 2. The first-order valence-electron chi connectivity index (χ1n) is 17.9. The van der Waals surface area contributed by atoms with Crippen LogP contribution in [0.5, 0.6) is 5.75 Å². The van der Waals surface area contributed by atoms with Gasteiger partial charge in [-0.25, -0.2) is 21.3 Å². The van der Waals surface area contributed by atoms with Gasteiger partial charge in [-0.15, -0.1) is 5.10 Å². The molecule has 0 saturated carbocycles. The number of hydrogen-bond donors (Lipinski definition) is 6. The topological polar surface area (TPSA) is 199 Å². The molecule has 0 spiro atoms.